The Morgan fingerprint density at radius 1 is 0.829 bits per heavy atom. The van der Waals surface area contributed by atoms with Crippen molar-refractivity contribution in [3.63, 3.8) is 0 Å². The Morgan fingerprint density at radius 2 is 1.49 bits per heavy atom. The lowest BCUT2D eigenvalue weighted by Gasteiger charge is -2.36. The normalized spacial score (nSPS) is 17.9. The third-order valence-electron chi connectivity index (χ3n) is 7.78. The van der Waals surface area contributed by atoms with Crippen molar-refractivity contribution in [3.8, 4) is 11.5 Å². The minimum atomic E-state index is -0.141. The van der Waals surface area contributed by atoms with Crippen molar-refractivity contribution in [1.82, 2.24) is 9.47 Å². The number of aromatic nitrogens is 1. The summed E-state index contributed by atoms with van der Waals surface area (Å²) in [6.45, 7) is 6.06. The predicted molar refractivity (Wildman–Crippen MR) is 163 cm³/mol. The zero-order valence-corrected chi connectivity index (χ0v) is 23.6. The number of fused-ring (bicyclic) bond motifs is 1. The average molecular weight is 545 g/mol. The molecule has 1 fully saturated rings. The van der Waals surface area contributed by atoms with Crippen molar-refractivity contribution < 1.29 is 14.3 Å². The standard InChI is InChI=1S/C36H36N2O3/c1-26-22-38(23-27(2)40-26)36(39)21-33(29-14-11-17-31(20-29)41-30-15-7-4-8-16-30)34-25-37(24-28-12-5-3-6-13-28)35-19-10-9-18-32(34)35/h3-20,25-27,33H,21-24H2,1-2H3. The molecule has 1 aliphatic heterocycles. The quantitative estimate of drug-likeness (QED) is 0.202. The zero-order valence-electron chi connectivity index (χ0n) is 23.6. The molecule has 3 unspecified atom stereocenters. The fourth-order valence-corrected chi connectivity index (χ4v) is 5.98. The van der Waals surface area contributed by atoms with E-state index in [1.165, 1.54) is 10.9 Å². The zero-order chi connectivity index (χ0) is 28.2. The molecule has 0 bridgehead atoms. The summed E-state index contributed by atoms with van der Waals surface area (Å²) in [6, 6.07) is 37.0. The second-order valence-electron chi connectivity index (χ2n) is 11.0. The molecule has 0 spiro atoms. The summed E-state index contributed by atoms with van der Waals surface area (Å²) >= 11 is 0. The van der Waals surface area contributed by atoms with Gasteiger partial charge in [-0.05, 0) is 60.9 Å². The molecular formula is C36H36N2O3. The number of benzene rings is 4. The highest BCUT2D eigenvalue weighted by molar-refractivity contribution is 5.87. The van der Waals surface area contributed by atoms with E-state index >= 15 is 0 Å². The van der Waals surface area contributed by atoms with Crippen molar-refractivity contribution in [2.45, 2.75) is 44.9 Å². The van der Waals surface area contributed by atoms with Crippen LogP contribution in [-0.2, 0) is 16.1 Å². The van der Waals surface area contributed by atoms with E-state index in [1.54, 1.807) is 0 Å². The summed E-state index contributed by atoms with van der Waals surface area (Å²) in [7, 11) is 0. The maximum Gasteiger partial charge on any atom is 0.223 e. The van der Waals surface area contributed by atoms with E-state index in [2.05, 4.69) is 71.4 Å². The Hall–Kier alpha value is -4.35. The van der Waals surface area contributed by atoms with Gasteiger partial charge in [0.2, 0.25) is 5.91 Å². The van der Waals surface area contributed by atoms with Crippen LogP contribution in [0.5, 0.6) is 11.5 Å². The van der Waals surface area contributed by atoms with Gasteiger partial charge < -0.3 is 18.9 Å². The highest BCUT2D eigenvalue weighted by Crippen LogP contribution is 2.37. The highest BCUT2D eigenvalue weighted by Gasteiger charge is 2.30. The van der Waals surface area contributed by atoms with Gasteiger partial charge in [-0.2, -0.15) is 0 Å². The van der Waals surface area contributed by atoms with Crippen molar-refractivity contribution >= 4 is 16.8 Å². The molecule has 6 rings (SSSR count). The summed E-state index contributed by atoms with van der Waals surface area (Å²) in [5.74, 6) is 1.55. The van der Waals surface area contributed by atoms with E-state index in [-0.39, 0.29) is 24.0 Å². The van der Waals surface area contributed by atoms with Gasteiger partial charge in [-0.25, -0.2) is 0 Å². The summed E-state index contributed by atoms with van der Waals surface area (Å²) in [5, 5.41) is 1.17. The van der Waals surface area contributed by atoms with Crippen molar-refractivity contribution in [2.75, 3.05) is 13.1 Å². The molecule has 1 amide bonds. The first-order valence-electron chi connectivity index (χ1n) is 14.4. The van der Waals surface area contributed by atoms with Crippen LogP contribution in [0.1, 0.15) is 42.9 Å². The largest absolute Gasteiger partial charge is 0.457 e. The van der Waals surface area contributed by atoms with Crippen LogP contribution in [0.15, 0.2) is 115 Å². The highest BCUT2D eigenvalue weighted by atomic mass is 16.5. The third-order valence-corrected chi connectivity index (χ3v) is 7.78. The lowest BCUT2D eigenvalue weighted by atomic mass is 9.87. The number of morpholine rings is 1. The number of nitrogens with zero attached hydrogens (tertiary/aromatic N) is 2. The Kier molecular flexibility index (Phi) is 7.88. The smallest absolute Gasteiger partial charge is 0.223 e. The van der Waals surface area contributed by atoms with E-state index in [0.29, 0.717) is 19.5 Å². The van der Waals surface area contributed by atoms with Crippen LogP contribution in [0.2, 0.25) is 0 Å². The topological polar surface area (TPSA) is 43.7 Å². The monoisotopic (exact) mass is 544 g/mol. The number of hydrogen-bond acceptors (Lipinski definition) is 3. The van der Waals surface area contributed by atoms with Crippen molar-refractivity contribution in [1.29, 1.82) is 0 Å². The van der Waals surface area contributed by atoms with Gasteiger partial charge in [0.05, 0.1) is 12.2 Å². The van der Waals surface area contributed by atoms with Gasteiger partial charge >= 0.3 is 0 Å². The predicted octanol–water partition coefficient (Wildman–Crippen LogP) is 7.64. The summed E-state index contributed by atoms with van der Waals surface area (Å²) < 4.78 is 14.4. The molecule has 41 heavy (non-hydrogen) atoms. The number of carbonyl (C=O) groups is 1. The van der Waals surface area contributed by atoms with Gasteiger partial charge in [0.15, 0.2) is 0 Å². The number of rotatable bonds is 8. The first-order chi connectivity index (χ1) is 20.0. The van der Waals surface area contributed by atoms with Gasteiger partial charge in [-0.1, -0.05) is 78.9 Å². The Morgan fingerprint density at radius 3 is 2.24 bits per heavy atom. The van der Waals surface area contributed by atoms with Crippen LogP contribution in [0.3, 0.4) is 0 Å². The molecule has 208 valence electrons. The number of carbonyl (C=O) groups excluding carboxylic acids is 1. The second-order valence-corrected chi connectivity index (χ2v) is 11.0. The van der Waals surface area contributed by atoms with Gasteiger partial charge in [0.1, 0.15) is 11.5 Å². The number of amides is 1. The van der Waals surface area contributed by atoms with E-state index in [4.69, 9.17) is 9.47 Å². The number of para-hydroxylation sites is 2. The summed E-state index contributed by atoms with van der Waals surface area (Å²) in [4.78, 5) is 15.9. The molecule has 0 aliphatic carbocycles. The molecule has 5 nitrogen and oxygen atoms in total. The molecule has 1 saturated heterocycles. The fourth-order valence-electron chi connectivity index (χ4n) is 5.98. The molecule has 5 aromatic rings. The van der Waals surface area contributed by atoms with E-state index in [9.17, 15) is 4.79 Å². The lowest BCUT2D eigenvalue weighted by Crippen LogP contribution is -2.48. The fraction of sp³-hybridized carbons (Fsp3) is 0.250. The van der Waals surface area contributed by atoms with E-state index in [0.717, 1.165) is 34.7 Å². The van der Waals surface area contributed by atoms with Gasteiger partial charge in [0, 0.05) is 49.1 Å². The van der Waals surface area contributed by atoms with Crippen LogP contribution in [0.4, 0.5) is 0 Å². The summed E-state index contributed by atoms with van der Waals surface area (Å²) in [5.41, 5.74) is 4.61. The Bertz CT molecular complexity index is 1600. The molecule has 1 aromatic heterocycles. The molecule has 4 aromatic carbocycles. The third kappa shape index (κ3) is 6.21. The van der Waals surface area contributed by atoms with E-state index < -0.39 is 0 Å². The maximum absolute atomic E-state index is 13.9. The maximum atomic E-state index is 13.9. The molecule has 1 aliphatic rings. The summed E-state index contributed by atoms with van der Waals surface area (Å²) in [6.07, 6.45) is 2.66. The van der Waals surface area contributed by atoms with Crippen LogP contribution >= 0.6 is 0 Å². The Balaban J connectivity index is 1.40. The first kappa shape index (κ1) is 26.9. The van der Waals surface area contributed by atoms with Crippen LogP contribution in [0.25, 0.3) is 10.9 Å². The van der Waals surface area contributed by atoms with Crippen LogP contribution in [0, 0.1) is 0 Å². The van der Waals surface area contributed by atoms with Crippen molar-refractivity contribution in [3.05, 3.63) is 132 Å². The molecule has 0 N–H and O–H groups in total. The first-order valence-corrected chi connectivity index (χ1v) is 14.4. The molecule has 3 atom stereocenters. The molecule has 0 saturated carbocycles. The van der Waals surface area contributed by atoms with Gasteiger partial charge in [0.25, 0.3) is 0 Å². The van der Waals surface area contributed by atoms with E-state index in [1.807, 2.05) is 67.3 Å². The second kappa shape index (κ2) is 12.0. The van der Waals surface area contributed by atoms with Crippen LogP contribution < -0.4 is 4.74 Å². The minimum Gasteiger partial charge on any atom is -0.457 e. The number of hydrogen-bond donors (Lipinski definition) is 0. The van der Waals surface area contributed by atoms with Gasteiger partial charge in [-0.3, -0.25) is 4.79 Å². The molecule has 0 radical (unpaired) electrons. The average Bonchev–Trinajstić information content (AvgIpc) is 3.34. The van der Waals surface area contributed by atoms with Crippen molar-refractivity contribution in [2.24, 2.45) is 0 Å². The minimum absolute atomic E-state index is 0.0246. The Labute approximate surface area is 241 Å². The molecular weight excluding hydrogens is 508 g/mol. The van der Waals surface area contributed by atoms with Crippen LogP contribution in [-0.4, -0.2) is 40.7 Å². The number of ether oxygens (including phenoxy) is 2. The van der Waals surface area contributed by atoms with Gasteiger partial charge in [-0.15, -0.1) is 0 Å². The lowest BCUT2D eigenvalue weighted by molar-refractivity contribution is -0.143. The molecule has 5 heteroatoms. The SMILES string of the molecule is CC1CN(C(=O)CC(c2cccc(Oc3ccccc3)c2)c2cn(Cc3ccccc3)c3ccccc23)CC(C)O1. The molecule has 2 heterocycles.